The molecule has 0 radical (unpaired) electrons. The number of carbonyl (C=O) groups excluding carboxylic acids is 1. The third kappa shape index (κ3) is 9.55. The van der Waals surface area contributed by atoms with E-state index in [2.05, 4.69) is 93.7 Å². The topological polar surface area (TPSA) is 29.1 Å². The van der Waals surface area contributed by atoms with Gasteiger partial charge >= 0.3 is 0 Å². The molecule has 38 heavy (non-hydrogen) atoms. The highest BCUT2D eigenvalue weighted by atomic mass is 31.2. The molecule has 0 aromatic heterocycles. The molecule has 0 unspecified atom stereocenters. The van der Waals surface area contributed by atoms with Crippen molar-refractivity contribution in [1.29, 1.82) is 0 Å². The van der Waals surface area contributed by atoms with Crippen LogP contribution in [-0.4, -0.2) is 24.4 Å². The molecule has 0 atom stereocenters. The summed E-state index contributed by atoms with van der Waals surface area (Å²) in [5, 5.41) is 3.04. The third-order valence-corrected chi connectivity index (χ3v) is 12.2. The molecule has 0 spiro atoms. The highest BCUT2D eigenvalue weighted by molar-refractivity contribution is 7.75. The summed E-state index contributed by atoms with van der Waals surface area (Å²) in [5.74, 6) is -0.103. The molecule has 0 bridgehead atoms. The Hall–Kier alpha value is -2.70. The number of amides is 1. The lowest BCUT2D eigenvalue weighted by atomic mass is 10.0. The number of hydrogen-bond acceptors (Lipinski definition) is 1. The zero-order valence-electron chi connectivity index (χ0n) is 24.0. The van der Waals surface area contributed by atoms with Crippen LogP contribution in [0.25, 0.3) is 17.2 Å². The van der Waals surface area contributed by atoms with Crippen molar-refractivity contribution in [2.75, 3.05) is 23.8 Å². The molecule has 2 nitrogen and oxygen atoms in total. The fourth-order valence-corrected chi connectivity index (χ4v) is 10.1. The second kappa shape index (κ2) is 15.6. The van der Waals surface area contributed by atoms with Gasteiger partial charge in [0.25, 0.3) is 0 Å². The van der Waals surface area contributed by atoms with Crippen LogP contribution in [0.5, 0.6) is 0 Å². The predicted octanol–water partition coefficient (Wildman–Crippen LogP) is 10.2. The van der Waals surface area contributed by atoms with Gasteiger partial charge in [-0.2, -0.15) is 0 Å². The number of carbonyl (C=O) groups is 1. The lowest BCUT2D eigenvalue weighted by Crippen LogP contribution is -2.12. The molecule has 0 aliphatic carbocycles. The average Bonchev–Trinajstić information content (AvgIpc) is 2.94. The SMILES string of the molecule is CCCC[P+](CCCC)(CCCC)Cc1ccc(NC(=O)/C=C/c2cccc(-c3ccc(C)cc3)c2)cc1. The van der Waals surface area contributed by atoms with E-state index >= 15 is 0 Å². The quantitative estimate of drug-likeness (QED) is 0.154. The molecule has 0 fully saturated rings. The van der Waals surface area contributed by atoms with E-state index in [0.717, 1.165) is 16.8 Å². The first-order valence-corrected chi connectivity index (χ1v) is 17.1. The number of hydrogen-bond donors (Lipinski definition) is 1. The number of unbranched alkanes of at least 4 members (excludes halogenated alkanes) is 3. The van der Waals surface area contributed by atoms with E-state index < -0.39 is 7.26 Å². The van der Waals surface area contributed by atoms with Gasteiger partial charge in [0.1, 0.15) is 0 Å². The van der Waals surface area contributed by atoms with Crippen LogP contribution in [0.2, 0.25) is 0 Å². The zero-order chi connectivity index (χ0) is 27.2. The Morgan fingerprint density at radius 2 is 1.37 bits per heavy atom. The van der Waals surface area contributed by atoms with Crippen LogP contribution in [0.3, 0.4) is 0 Å². The normalized spacial score (nSPS) is 11.7. The Balaban J connectivity index is 1.63. The van der Waals surface area contributed by atoms with Gasteiger partial charge in [0.05, 0.1) is 24.6 Å². The first kappa shape index (κ1) is 29.9. The Bertz CT molecular complexity index is 1130. The molecular formula is C35H47NOP+. The minimum absolute atomic E-state index is 0.103. The summed E-state index contributed by atoms with van der Waals surface area (Å²) >= 11 is 0. The summed E-state index contributed by atoms with van der Waals surface area (Å²) in [6.45, 7) is 9.06. The second-order valence-corrected chi connectivity index (χ2v) is 15.1. The molecule has 0 aliphatic heterocycles. The van der Waals surface area contributed by atoms with Crippen molar-refractivity contribution in [1.82, 2.24) is 0 Å². The summed E-state index contributed by atoms with van der Waals surface area (Å²) in [7, 11) is -0.983. The van der Waals surface area contributed by atoms with Gasteiger partial charge < -0.3 is 5.32 Å². The molecule has 3 aromatic carbocycles. The lowest BCUT2D eigenvalue weighted by Gasteiger charge is -2.28. The predicted molar refractivity (Wildman–Crippen MR) is 171 cm³/mol. The molecule has 0 saturated carbocycles. The number of nitrogens with one attached hydrogen (secondary N) is 1. The maximum Gasteiger partial charge on any atom is 0.248 e. The Labute approximate surface area is 232 Å². The molecule has 3 heteroatoms. The maximum atomic E-state index is 12.7. The van der Waals surface area contributed by atoms with Gasteiger partial charge in [-0.25, -0.2) is 0 Å². The van der Waals surface area contributed by atoms with Gasteiger partial charge in [0, 0.05) is 19.0 Å². The van der Waals surface area contributed by atoms with Crippen LogP contribution < -0.4 is 5.32 Å². The molecule has 202 valence electrons. The zero-order valence-corrected chi connectivity index (χ0v) is 24.9. The van der Waals surface area contributed by atoms with Crippen LogP contribution in [0, 0.1) is 6.92 Å². The van der Waals surface area contributed by atoms with E-state index in [-0.39, 0.29) is 5.91 Å². The van der Waals surface area contributed by atoms with E-state index in [0.29, 0.717) is 0 Å². The number of anilines is 1. The minimum Gasteiger partial charge on any atom is -0.323 e. The Morgan fingerprint density at radius 3 is 1.95 bits per heavy atom. The smallest absolute Gasteiger partial charge is 0.248 e. The van der Waals surface area contributed by atoms with Crippen molar-refractivity contribution in [2.24, 2.45) is 0 Å². The molecular weight excluding hydrogens is 481 g/mol. The molecule has 3 aromatic rings. The lowest BCUT2D eigenvalue weighted by molar-refractivity contribution is -0.111. The molecule has 1 amide bonds. The van der Waals surface area contributed by atoms with Crippen LogP contribution in [0.4, 0.5) is 5.69 Å². The number of aryl methyl sites for hydroxylation is 1. The van der Waals surface area contributed by atoms with E-state index in [4.69, 9.17) is 0 Å². The molecule has 3 rings (SSSR count). The summed E-state index contributed by atoms with van der Waals surface area (Å²) in [4.78, 5) is 12.7. The van der Waals surface area contributed by atoms with Gasteiger partial charge in [0.15, 0.2) is 0 Å². The highest BCUT2D eigenvalue weighted by Crippen LogP contribution is 2.63. The van der Waals surface area contributed by atoms with Crippen molar-refractivity contribution >= 4 is 24.9 Å². The van der Waals surface area contributed by atoms with Crippen LogP contribution >= 0.6 is 7.26 Å². The first-order valence-electron chi connectivity index (χ1n) is 14.6. The Morgan fingerprint density at radius 1 is 0.763 bits per heavy atom. The number of rotatable bonds is 15. The van der Waals surface area contributed by atoms with Gasteiger partial charge in [-0.1, -0.05) is 100 Å². The number of benzene rings is 3. The second-order valence-electron chi connectivity index (χ2n) is 10.7. The fraction of sp³-hybridized carbons (Fsp3) is 0.400. The minimum atomic E-state index is -0.983. The largest absolute Gasteiger partial charge is 0.323 e. The summed E-state index contributed by atoms with van der Waals surface area (Å²) < 4.78 is 0. The van der Waals surface area contributed by atoms with Crippen molar-refractivity contribution in [3.8, 4) is 11.1 Å². The summed E-state index contributed by atoms with van der Waals surface area (Å²) in [6.07, 6.45) is 17.0. The van der Waals surface area contributed by atoms with Gasteiger partial charge in [-0.3, -0.25) is 4.79 Å². The van der Waals surface area contributed by atoms with Crippen molar-refractivity contribution in [2.45, 2.75) is 72.4 Å². The van der Waals surface area contributed by atoms with Gasteiger partial charge in [-0.15, -0.1) is 0 Å². The van der Waals surface area contributed by atoms with E-state index in [1.807, 2.05) is 18.2 Å². The van der Waals surface area contributed by atoms with Crippen molar-refractivity contribution in [3.63, 3.8) is 0 Å². The standard InChI is InChI=1S/C35H46NOP/c1-5-8-24-38(25-9-6-2,26-10-7-3)28-31-16-21-34(22-17-31)36-35(37)23-18-30-12-11-13-33(27-30)32-19-14-29(4)15-20-32/h11-23,27H,5-10,24-26,28H2,1-4H3/p+1/b23-18+. The first-order chi connectivity index (χ1) is 18.5. The molecule has 0 saturated heterocycles. The van der Waals surface area contributed by atoms with E-state index in [1.54, 1.807) is 6.08 Å². The summed E-state index contributed by atoms with van der Waals surface area (Å²) in [5.41, 5.74) is 6.89. The molecule has 1 N–H and O–H groups in total. The monoisotopic (exact) mass is 528 g/mol. The van der Waals surface area contributed by atoms with Gasteiger partial charge in [-0.05, 0) is 72.7 Å². The maximum absolute atomic E-state index is 12.7. The average molecular weight is 529 g/mol. The highest BCUT2D eigenvalue weighted by Gasteiger charge is 2.35. The molecule has 0 aliphatic rings. The van der Waals surface area contributed by atoms with Crippen LogP contribution in [-0.2, 0) is 11.0 Å². The van der Waals surface area contributed by atoms with Gasteiger partial charge in [0.2, 0.25) is 5.91 Å². The van der Waals surface area contributed by atoms with Crippen molar-refractivity contribution < 1.29 is 4.79 Å². The van der Waals surface area contributed by atoms with Crippen LogP contribution in [0.15, 0.2) is 78.9 Å². The summed E-state index contributed by atoms with van der Waals surface area (Å²) in [6, 6.07) is 25.4. The molecule has 0 heterocycles. The fourth-order valence-electron chi connectivity index (χ4n) is 5.06. The Kier molecular flexibility index (Phi) is 12.3. The van der Waals surface area contributed by atoms with E-state index in [9.17, 15) is 4.79 Å². The van der Waals surface area contributed by atoms with Crippen LogP contribution in [0.1, 0.15) is 76.0 Å². The third-order valence-electron chi connectivity index (χ3n) is 7.40. The van der Waals surface area contributed by atoms with Crippen molar-refractivity contribution in [3.05, 3.63) is 95.6 Å². The van der Waals surface area contributed by atoms with E-state index in [1.165, 1.54) is 79.9 Å².